The summed E-state index contributed by atoms with van der Waals surface area (Å²) in [7, 11) is -9.98. The number of carbonyl (C=O) groups excluding carboxylic acids is 4. The molecule has 5 atom stereocenters. The zero-order valence-electron chi connectivity index (χ0n) is 64.9. The van der Waals surface area contributed by atoms with Gasteiger partial charge in [-0.1, -0.05) is 270 Å². The van der Waals surface area contributed by atoms with Crippen LogP contribution in [0.5, 0.6) is 0 Å². The van der Waals surface area contributed by atoms with E-state index < -0.39 is 97.5 Å². The van der Waals surface area contributed by atoms with E-state index in [1.54, 1.807) is 0 Å². The summed E-state index contributed by atoms with van der Waals surface area (Å²) in [5, 5.41) is 10.6. The van der Waals surface area contributed by atoms with Crippen molar-refractivity contribution in [2.24, 2.45) is 0 Å². The Morgan fingerprint density at radius 3 is 0.769 bits per heavy atom. The summed E-state index contributed by atoms with van der Waals surface area (Å²) in [4.78, 5) is 73.1. The molecule has 0 spiro atoms. The molecule has 0 aromatic heterocycles. The monoisotopic (exact) mass is 1500 g/mol. The lowest BCUT2D eigenvalue weighted by atomic mass is 10.1. The van der Waals surface area contributed by atoms with Crippen molar-refractivity contribution in [3.63, 3.8) is 0 Å². The van der Waals surface area contributed by atoms with E-state index >= 15 is 0 Å². The Hall–Kier alpha value is -5.06. The van der Waals surface area contributed by atoms with Gasteiger partial charge in [0.15, 0.2) is 12.2 Å². The van der Waals surface area contributed by atoms with Crippen LogP contribution in [0.4, 0.5) is 0 Å². The second-order valence-electron chi connectivity index (χ2n) is 26.2. The third-order valence-electron chi connectivity index (χ3n) is 16.3. The molecule has 0 aliphatic carbocycles. The lowest BCUT2D eigenvalue weighted by molar-refractivity contribution is -0.161. The largest absolute Gasteiger partial charge is 0.472 e. The summed E-state index contributed by atoms with van der Waals surface area (Å²) in [6, 6.07) is 0. The van der Waals surface area contributed by atoms with Gasteiger partial charge in [-0.15, -0.1) is 0 Å². The molecule has 0 heterocycles. The van der Waals surface area contributed by atoms with Crippen molar-refractivity contribution in [2.75, 3.05) is 39.6 Å². The number of phosphoric acid groups is 2. The molecule has 0 bridgehead atoms. The van der Waals surface area contributed by atoms with Gasteiger partial charge in [-0.25, -0.2) is 9.13 Å². The minimum absolute atomic E-state index is 0.0688. The fraction of sp³-hybridized carbons (Fsp3) is 0.671. The smallest absolute Gasteiger partial charge is 0.462 e. The SMILES string of the molecule is CC/C=C\C/C=C\C/C=C\C/C=C\CCCCCCC(=O)OCC(COP(=O)(O)OCC(O)COP(=O)(O)OCC(COC(=O)CCCCCCCCC/C=C\C/C=C\C/C=C\CC)OC(=O)CCCCCCC/C=C\C/C=C\C/C=C\CC)OC(=O)CCCCCCC/C=C\C/C=C\CCCCC. The highest BCUT2D eigenvalue weighted by molar-refractivity contribution is 7.47. The Morgan fingerprint density at radius 2 is 0.500 bits per heavy atom. The van der Waals surface area contributed by atoms with Crippen LogP contribution in [0.15, 0.2) is 146 Å². The molecule has 3 N–H and O–H groups in total. The summed E-state index contributed by atoms with van der Waals surface area (Å²) in [6.45, 7) is 4.45. The van der Waals surface area contributed by atoms with Gasteiger partial charge in [0.1, 0.15) is 19.3 Å². The summed E-state index contributed by atoms with van der Waals surface area (Å²) < 4.78 is 68.6. The molecule has 0 aromatic rings. The number of ether oxygens (including phenoxy) is 4. The fourth-order valence-electron chi connectivity index (χ4n) is 10.3. The molecule has 0 saturated carbocycles. The first kappa shape index (κ1) is 98.9. The lowest BCUT2D eigenvalue weighted by Crippen LogP contribution is -2.30. The number of esters is 4. The number of unbranched alkanes of at least 4 members (excludes halogenated alkanes) is 24. The Kier molecular flexibility index (Phi) is 72.4. The van der Waals surface area contributed by atoms with Gasteiger partial charge in [0, 0.05) is 25.7 Å². The molecule has 17 nitrogen and oxygen atoms in total. The zero-order valence-corrected chi connectivity index (χ0v) is 66.7. The van der Waals surface area contributed by atoms with Crippen molar-refractivity contribution in [3.05, 3.63) is 146 Å². The van der Waals surface area contributed by atoms with E-state index in [1.165, 1.54) is 19.3 Å². The summed E-state index contributed by atoms with van der Waals surface area (Å²) in [5.41, 5.74) is 0. The molecule has 0 saturated heterocycles. The van der Waals surface area contributed by atoms with Crippen molar-refractivity contribution in [1.82, 2.24) is 0 Å². The molecule has 0 rings (SSSR count). The highest BCUT2D eigenvalue weighted by Crippen LogP contribution is 2.45. The minimum atomic E-state index is -4.99. The number of aliphatic hydroxyl groups excluding tert-OH is 1. The maximum Gasteiger partial charge on any atom is 0.472 e. The van der Waals surface area contributed by atoms with Crippen LogP contribution in [0.3, 0.4) is 0 Å². The molecular formula is C85H142O17P2. The maximum absolute atomic E-state index is 13.1. The van der Waals surface area contributed by atoms with Gasteiger partial charge in [0.25, 0.3) is 0 Å². The first-order chi connectivity index (χ1) is 50.7. The molecule has 104 heavy (non-hydrogen) atoms. The van der Waals surface area contributed by atoms with Crippen molar-refractivity contribution in [3.8, 4) is 0 Å². The number of phosphoric ester groups is 2. The van der Waals surface area contributed by atoms with E-state index in [-0.39, 0.29) is 25.7 Å². The molecule has 19 heteroatoms. The lowest BCUT2D eigenvalue weighted by Gasteiger charge is -2.21. The average Bonchev–Trinajstić information content (AvgIpc) is 0.937. The van der Waals surface area contributed by atoms with Crippen LogP contribution in [-0.4, -0.2) is 96.7 Å². The first-order valence-corrected chi connectivity index (χ1v) is 43.1. The van der Waals surface area contributed by atoms with Gasteiger partial charge in [0.05, 0.1) is 26.4 Å². The number of rotatable bonds is 74. The van der Waals surface area contributed by atoms with Crippen LogP contribution < -0.4 is 0 Å². The summed E-state index contributed by atoms with van der Waals surface area (Å²) in [6.07, 6.45) is 86.7. The quantitative estimate of drug-likeness (QED) is 0.0169. The van der Waals surface area contributed by atoms with Crippen LogP contribution in [0.2, 0.25) is 0 Å². The van der Waals surface area contributed by atoms with E-state index in [4.69, 9.17) is 37.0 Å². The van der Waals surface area contributed by atoms with Gasteiger partial charge in [-0.3, -0.25) is 37.3 Å². The minimum Gasteiger partial charge on any atom is -0.462 e. The van der Waals surface area contributed by atoms with Gasteiger partial charge in [-0.05, 0) is 161 Å². The van der Waals surface area contributed by atoms with Crippen molar-refractivity contribution >= 4 is 39.5 Å². The molecule has 0 aromatic carbocycles. The van der Waals surface area contributed by atoms with Crippen molar-refractivity contribution in [1.29, 1.82) is 0 Å². The normalized spacial score (nSPS) is 14.6. The first-order valence-electron chi connectivity index (χ1n) is 40.1. The Bertz CT molecular complexity index is 2540. The average molecular weight is 1500 g/mol. The number of allylic oxidation sites excluding steroid dienone is 24. The number of hydrogen-bond donors (Lipinski definition) is 3. The Morgan fingerprint density at radius 1 is 0.279 bits per heavy atom. The van der Waals surface area contributed by atoms with Gasteiger partial charge < -0.3 is 33.8 Å². The molecule has 594 valence electrons. The summed E-state index contributed by atoms with van der Waals surface area (Å²) >= 11 is 0. The number of carbonyl (C=O) groups is 4. The molecule has 0 fully saturated rings. The molecule has 0 radical (unpaired) electrons. The van der Waals surface area contributed by atoms with Crippen molar-refractivity contribution < 1.29 is 80.2 Å². The van der Waals surface area contributed by atoms with Gasteiger partial charge >= 0.3 is 39.5 Å². The maximum atomic E-state index is 13.1. The topological polar surface area (TPSA) is 237 Å². The highest BCUT2D eigenvalue weighted by atomic mass is 31.2. The van der Waals surface area contributed by atoms with Crippen LogP contribution in [-0.2, 0) is 65.4 Å². The number of hydrogen-bond acceptors (Lipinski definition) is 15. The van der Waals surface area contributed by atoms with E-state index in [0.29, 0.717) is 25.7 Å². The van der Waals surface area contributed by atoms with Crippen molar-refractivity contribution in [2.45, 2.75) is 329 Å². The molecule has 0 amide bonds. The predicted molar refractivity (Wildman–Crippen MR) is 427 cm³/mol. The third-order valence-corrected chi connectivity index (χ3v) is 18.2. The second kappa shape index (κ2) is 76.1. The summed E-state index contributed by atoms with van der Waals surface area (Å²) in [5.74, 6) is -2.25. The highest BCUT2D eigenvalue weighted by Gasteiger charge is 2.30. The van der Waals surface area contributed by atoms with Crippen LogP contribution in [0.1, 0.15) is 310 Å². The van der Waals surface area contributed by atoms with Gasteiger partial charge in [-0.2, -0.15) is 0 Å². The predicted octanol–water partition coefficient (Wildman–Crippen LogP) is 23.4. The van der Waals surface area contributed by atoms with Crippen LogP contribution >= 0.6 is 15.6 Å². The molecule has 0 aliphatic heterocycles. The van der Waals surface area contributed by atoms with E-state index in [9.17, 15) is 43.2 Å². The Balaban J connectivity index is 5.42. The molecule has 5 unspecified atom stereocenters. The van der Waals surface area contributed by atoms with E-state index in [1.807, 2.05) is 0 Å². The van der Waals surface area contributed by atoms with Gasteiger partial charge in [0.2, 0.25) is 0 Å². The second-order valence-corrected chi connectivity index (χ2v) is 29.1. The molecular weight excluding hydrogens is 1350 g/mol. The Labute approximate surface area is 630 Å². The fourth-order valence-corrected chi connectivity index (χ4v) is 11.8. The van der Waals surface area contributed by atoms with Crippen LogP contribution in [0.25, 0.3) is 0 Å². The van der Waals surface area contributed by atoms with E-state index in [2.05, 4.69) is 174 Å². The van der Waals surface area contributed by atoms with Crippen LogP contribution in [0, 0.1) is 0 Å². The molecule has 0 aliphatic rings. The number of aliphatic hydroxyl groups is 1. The zero-order chi connectivity index (χ0) is 76.0. The third kappa shape index (κ3) is 75.2. The standard InChI is InChI=1S/C85H142O17P2/c1-5-9-13-17-21-25-29-33-37-39-43-45-49-53-57-61-65-69-82(87)95-75-80(101-84(89)71-67-63-59-55-51-47-41-35-31-27-23-19-15-11-7-3)77-99-103(91,92)97-73-79(86)74-98-104(93,94)100-78-81(102-85(90)72-68-64-60-56-52-48-42-36-32-28-24-20-16-12-8-4)76-96-83(88)70-66-62-58-54-50-46-44-40-38-34-30-26-22-18-14-10-6-2/h9-11,13-15,21-28,33-38,41-42,44,46,79-81,86H,5-8,12,16-20,29-32,39-40,43,45,47-78H2,1-4H3,(H,91,92)(H,93,94)/b13-9-,14-10-,15-11-,25-21-,26-22-,27-23-,28-24-,37-33-,38-34-,41-35-,42-36-,46-44-. The van der Waals surface area contributed by atoms with E-state index in [0.717, 1.165) is 212 Å².